The molecule has 0 N–H and O–H groups in total. The number of rotatable bonds is 1. The van der Waals surface area contributed by atoms with Gasteiger partial charge in [0.2, 0.25) is 0 Å². The summed E-state index contributed by atoms with van der Waals surface area (Å²) in [7, 11) is 0. The van der Waals surface area contributed by atoms with E-state index < -0.39 is 0 Å². The number of fused-ring (bicyclic) bond motifs is 2. The van der Waals surface area contributed by atoms with Gasteiger partial charge in [-0.1, -0.05) is 58.6 Å². The van der Waals surface area contributed by atoms with Crippen LogP contribution in [0.25, 0.3) is 0 Å². The summed E-state index contributed by atoms with van der Waals surface area (Å²) in [6.45, 7) is 12.0. The highest BCUT2D eigenvalue weighted by Gasteiger charge is 2.48. The van der Waals surface area contributed by atoms with E-state index in [0.29, 0.717) is 0 Å². The maximum absolute atomic E-state index is 4.57. The van der Waals surface area contributed by atoms with Crippen molar-refractivity contribution in [2.24, 2.45) is 41.4 Å². The number of hydrogen-bond donors (Lipinski definition) is 0. The summed E-state index contributed by atoms with van der Waals surface area (Å²) in [6, 6.07) is 0. The molecule has 7 atom stereocenters. The molecule has 0 nitrogen and oxygen atoms in total. The van der Waals surface area contributed by atoms with Crippen LogP contribution in [-0.2, 0) is 0 Å². The van der Waals surface area contributed by atoms with Gasteiger partial charge in [-0.25, -0.2) is 0 Å². The van der Waals surface area contributed by atoms with E-state index >= 15 is 0 Å². The van der Waals surface area contributed by atoms with Crippen LogP contribution in [0.3, 0.4) is 0 Å². The topological polar surface area (TPSA) is 0 Å². The molecule has 0 aromatic rings. The number of hydrogen-bond acceptors (Lipinski definition) is 0. The Morgan fingerprint density at radius 2 is 1.79 bits per heavy atom. The molecule has 0 bridgehead atoms. The van der Waals surface area contributed by atoms with Crippen LogP contribution in [-0.4, -0.2) is 0 Å². The van der Waals surface area contributed by atoms with Crippen molar-refractivity contribution >= 4 is 0 Å². The van der Waals surface area contributed by atoms with Gasteiger partial charge in [0.25, 0.3) is 0 Å². The van der Waals surface area contributed by atoms with E-state index in [4.69, 9.17) is 0 Å². The van der Waals surface area contributed by atoms with Gasteiger partial charge in [0.1, 0.15) is 0 Å². The second-order valence-corrected chi connectivity index (χ2v) is 7.86. The predicted molar refractivity (Wildman–Crippen MR) is 82.9 cm³/mol. The monoisotopic (exact) mass is 260 g/mol. The zero-order valence-corrected chi connectivity index (χ0v) is 13.2. The van der Waals surface area contributed by atoms with Gasteiger partial charge < -0.3 is 0 Å². The highest BCUT2D eigenvalue weighted by molar-refractivity contribution is 5.16. The first-order chi connectivity index (χ1) is 9.13. The first-order valence-corrected chi connectivity index (χ1v) is 8.82. The largest absolute Gasteiger partial charge is 0.0993 e. The fraction of sp³-hybridized carbons (Fsp3) is 0.895. The van der Waals surface area contributed by atoms with Crippen molar-refractivity contribution in [3.05, 3.63) is 12.2 Å². The van der Waals surface area contributed by atoms with Crippen LogP contribution in [0.5, 0.6) is 0 Å². The van der Waals surface area contributed by atoms with Gasteiger partial charge >= 0.3 is 0 Å². The third kappa shape index (κ3) is 2.20. The molecule has 0 aromatic heterocycles. The van der Waals surface area contributed by atoms with Crippen molar-refractivity contribution < 1.29 is 0 Å². The Morgan fingerprint density at radius 3 is 2.53 bits per heavy atom. The quantitative estimate of drug-likeness (QED) is 0.531. The number of allylic oxidation sites excluding steroid dienone is 1. The van der Waals surface area contributed by atoms with Crippen LogP contribution in [0.15, 0.2) is 12.2 Å². The molecule has 0 aromatic carbocycles. The molecule has 0 aliphatic heterocycles. The van der Waals surface area contributed by atoms with E-state index in [-0.39, 0.29) is 0 Å². The molecule has 0 amide bonds. The van der Waals surface area contributed by atoms with Crippen LogP contribution >= 0.6 is 0 Å². The minimum absolute atomic E-state index is 0.772. The van der Waals surface area contributed by atoms with Gasteiger partial charge in [-0.15, -0.1) is 0 Å². The Morgan fingerprint density at radius 1 is 1.05 bits per heavy atom. The standard InChI is InChI=1S/C19H32/c1-5-15-10-17-11-16-8-6-7-9-18(16)14(4)19(17)13(3)12(15)2/h12,14-19H,3,5-11H2,1-2,4H3/t12?,14?,15?,16-,17?,18+,19?/m1/s1. The molecular formula is C19H32. The van der Waals surface area contributed by atoms with Crippen molar-refractivity contribution in [1.82, 2.24) is 0 Å². The van der Waals surface area contributed by atoms with Gasteiger partial charge in [-0.3, -0.25) is 0 Å². The first kappa shape index (κ1) is 13.7. The highest BCUT2D eigenvalue weighted by Crippen LogP contribution is 2.56. The summed E-state index contributed by atoms with van der Waals surface area (Å²) in [4.78, 5) is 0. The fourth-order valence-electron chi connectivity index (χ4n) is 6.06. The molecule has 108 valence electrons. The Labute approximate surface area is 120 Å². The molecule has 3 rings (SSSR count). The molecule has 3 saturated carbocycles. The average molecular weight is 260 g/mol. The summed E-state index contributed by atoms with van der Waals surface area (Å²) in [5, 5.41) is 0. The van der Waals surface area contributed by atoms with Gasteiger partial charge in [0.15, 0.2) is 0 Å². The summed E-state index contributed by atoms with van der Waals surface area (Å²) in [6.07, 6.45) is 10.4. The van der Waals surface area contributed by atoms with E-state index in [1.807, 2.05) is 0 Å². The lowest BCUT2D eigenvalue weighted by Gasteiger charge is -2.54. The molecular weight excluding hydrogens is 228 g/mol. The second-order valence-electron chi connectivity index (χ2n) is 7.86. The Bertz CT molecular complexity index is 342. The summed E-state index contributed by atoms with van der Waals surface area (Å²) < 4.78 is 0. The maximum Gasteiger partial charge on any atom is -0.0146 e. The molecule has 0 saturated heterocycles. The molecule has 0 radical (unpaired) electrons. The van der Waals surface area contributed by atoms with Crippen LogP contribution < -0.4 is 0 Å². The second kappa shape index (κ2) is 5.26. The van der Waals surface area contributed by atoms with E-state index in [2.05, 4.69) is 27.4 Å². The van der Waals surface area contributed by atoms with Gasteiger partial charge in [0.05, 0.1) is 0 Å². The van der Waals surface area contributed by atoms with Crippen molar-refractivity contribution in [2.75, 3.05) is 0 Å². The van der Waals surface area contributed by atoms with Crippen LogP contribution in [0.1, 0.15) is 65.7 Å². The maximum atomic E-state index is 4.57. The third-order valence-electron chi connectivity index (χ3n) is 7.17. The molecule has 19 heavy (non-hydrogen) atoms. The smallest absolute Gasteiger partial charge is 0.0146 e. The summed E-state index contributed by atoms with van der Waals surface area (Å²) in [5.74, 6) is 6.52. The fourth-order valence-corrected chi connectivity index (χ4v) is 6.06. The minimum atomic E-state index is 0.772. The summed E-state index contributed by atoms with van der Waals surface area (Å²) in [5.41, 5.74) is 1.62. The SMILES string of the molecule is C=C1C(C)C(CC)CC2C[C@H]3CCCC[C@H]3C(C)C12. The van der Waals surface area contributed by atoms with Gasteiger partial charge in [-0.2, -0.15) is 0 Å². The Kier molecular flexibility index (Phi) is 3.80. The van der Waals surface area contributed by atoms with Crippen LogP contribution in [0, 0.1) is 41.4 Å². The Balaban J connectivity index is 1.83. The van der Waals surface area contributed by atoms with E-state index in [9.17, 15) is 0 Å². The molecule has 5 unspecified atom stereocenters. The van der Waals surface area contributed by atoms with Gasteiger partial charge in [-0.05, 0) is 60.7 Å². The molecule has 0 heteroatoms. The molecule has 3 aliphatic rings. The van der Waals surface area contributed by atoms with Crippen molar-refractivity contribution in [1.29, 1.82) is 0 Å². The summed E-state index contributed by atoms with van der Waals surface area (Å²) >= 11 is 0. The van der Waals surface area contributed by atoms with E-state index in [1.54, 1.807) is 5.57 Å². The molecule has 3 aliphatic carbocycles. The zero-order chi connectivity index (χ0) is 13.6. The highest BCUT2D eigenvalue weighted by atomic mass is 14.5. The van der Waals surface area contributed by atoms with Crippen molar-refractivity contribution in [2.45, 2.75) is 65.7 Å². The van der Waals surface area contributed by atoms with Crippen LogP contribution in [0.2, 0.25) is 0 Å². The lowest BCUT2D eigenvalue weighted by atomic mass is 9.51. The predicted octanol–water partition coefficient (Wildman–Crippen LogP) is 5.69. The first-order valence-electron chi connectivity index (χ1n) is 8.82. The average Bonchev–Trinajstić information content (AvgIpc) is 2.42. The van der Waals surface area contributed by atoms with E-state index in [0.717, 1.165) is 41.4 Å². The van der Waals surface area contributed by atoms with Crippen molar-refractivity contribution in [3.8, 4) is 0 Å². The normalized spacial score (nSPS) is 50.5. The molecule has 0 spiro atoms. The zero-order valence-electron chi connectivity index (χ0n) is 13.2. The van der Waals surface area contributed by atoms with Gasteiger partial charge in [0, 0.05) is 0 Å². The van der Waals surface area contributed by atoms with E-state index in [1.165, 1.54) is 44.9 Å². The van der Waals surface area contributed by atoms with Crippen molar-refractivity contribution in [3.63, 3.8) is 0 Å². The lowest BCUT2D eigenvalue weighted by molar-refractivity contribution is 0.000692. The Hall–Kier alpha value is -0.260. The molecule has 3 fully saturated rings. The minimum Gasteiger partial charge on any atom is -0.0993 e. The third-order valence-corrected chi connectivity index (χ3v) is 7.17. The van der Waals surface area contributed by atoms with Crippen LogP contribution in [0.4, 0.5) is 0 Å². The lowest BCUT2D eigenvalue weighted by Crippen LogP contribution is -2.45. The molecule has 0 heterocycles.